The number of hydrogen-bond acceptors (Lipinski definition) is 0. The summed E-state index contributed by atoms with van der Waals surface area (Å²) >= 11 is 0. The molecule has 1 aliphatic carbocycles. The molecule has 1 unspecified atom stereocenters. The summed E-state index contributed by atoms with van der Waals surface area (Å²) in [5.74, 6) is 0.205. The largest absolute Gasteiger partial charge is 0.0776 e. The summed E-state index contributed by atoms with van der Waals surface area (Å²) in [6.45, 7) is 7.37. The van der Waals surface area contributed by atoms with E-state index in [4.69, 9.17) is 0 Å². The average Bonchev–Trinajstić information content (AvgIpc) is 3.34. The summed E-state index contributed by atoms with van der Waals surface area (Å²) in [5.41, 5.74) is 6.87. The molecule has 5 aromatic carbocycles. The van der Waals surface area contributed by atoms with Gasteiger partial charge in [-0.05, 0) is 57.7 Å². The summed E-state index contributed by atoms with van der Waals surface area (Å²) in [4.78, 5) is 0. The van der Waals surface area contributed by atoms with E-state index in [1.54, 1.807) is 0 Å². The van der Waals surface area contributed by atoms with Crippen LogP contribution in [-0.2, 0) is 0 Å². The van der Waals surface area contributed by atoms with Gasteiger partial charge in [-0.25, -0.2) is 0 Å². The lowest BCUT2D eigenvalue weighted by atomic mass is 9.85. The van der Waals surface area contributed by atoms with E-state index in [1.165, 1.54) is 48.9 Å². The van der Waals surface area contributed by atoms with Crippen molar-refractivity contribution in [3.05, 3.63) is 156 Å². The third-order valence-corrected chi connectivity index (χ3v) is 12.1. The lowest BCUT2D eigenvalue weighted by Gasteiger charge is -2.29. The Labute approximate surface area is 229 Å². The smallest absolute Gasteiger partial charge is 0.0656 e. The van der Waals surface area contributed by atoms with Crippen LogP contribution in [0.15, 0.2) is 133 Å². The molecule has 2 heteroatoms. The Hall–Kier alpha value is -3.51. The Bertz CT molecular complexity index is 1540. The zero-order valence-corrected chi connectivity index (χ0v) is 24.2. The molecule has 0 fully saturated rings. The van der Waals surface area contributed by atoms with Crippen LogP contribution in [0, 0.1) is 0 Å². The maximum Gasteiger partial charge on any atom is 0.0776 e. The van der Waals surface area contributed by atoms with Crippen molar-refractivity contribution in [1.29, 1.82) is 0 Å². The average molecular weight is 525 g/mol. The number of rotatable bonds is 6. The molecule has 0 radical (unpaired) electrons. The molecule has 0 bridgehead atoms. The number of benzene rings is 5. The van der Waals surface area contributed by atoms with E-state index in [1.807, 2.05) is 0 Å². The van der Waals surface area contributed by atoms with Crippen molar-refractivity contribution >= 4 is 48.7 Å². The Kier molecular flexibility index (Phi) is 6.74. The van der Waals surface area contributed by atoms with Crippen LogP contribution in [0.4, 0.5) is 0 Å². The van der Waals surface area contributed by atoms with Crippen molar-refractivity contribution in [2.75, 3.05) is 0 Å². The highest BCUT2D eigenvalue weighted by molar-refractivity contribution is 7.80. The minimum Gasteiger partial charge on any atom is -0.0656 e. The van der Waals surface area contributed by atoms with Gasteiger partial charge in [-0.1, -0.05) is 158 Å². The quantitative estimate of drug-likeness (QED) is 0.158. The Balaban J connectivity index is 1.64. The van der Waals surface area contributed by atoms with Gasteiger partial charge in [0.2, 0.25) is 0 Å². The fourth-order valence-electron chi connectivity index (χ4n) is 5.57. The summed E-state index contributed by atoms with van der Waals surface area (Å²) in [5, 5.41) is 5.81. The second kappa shape index (κ2) is 10.3. The SMILES string of the molecule is C[Si](C)(C)c1ccc(C2C(c3ccccc3)=Cc3ccccc32)c(P(c2ccccc2)c2ccccc2)c1. The van der Waals surface area contributed by atoms with Crippen LogP contribution in [0.2, 0.25) is 19.6 Å². The highest BCUT2D eigenvalue weighted by Gasteiger charge is 2.32. The third-order valence-electron chi connectivity index (χ3n) is 7.51. The first-order chi connectivity index (χ1) is 18.5. The molecule has 0 aromatic heterocycles. The van der Waals surface area contributed by atoms with Gasteiger partial charge in [0.05, 0.1) is 8.07 Å². The number of allylic oxidation sites excluding steroid dienone is 1. The van der Waals surface area contributed by atoms with Crippen LogP contribution in [0.3, 0.4) is 0 Å². The molecular formula is C36H33PSi. The Morgan fingerprint density at radius 3 is 1.71 bits per heavy atom. The molecule has 0 nitrogen and oxygen atoms in total. The molecule has 186 valence electrons. The zero-order chi connectivity index (χ0) is 26.1. The molecule has 0 N–H and O–H groups in total. The van der Waals surface area contributed by atoms with Gasteiger partial charge in [0.1, 0.15) is 0 Å². The normalized spacial score (nSPS) is 14.8. The van der Waals surface area contributed by atoms with Crippen molar-refractivity contribution in [1.82, 2.24) is 0 Å². The molecule has 6 rings (SSSR count). The summed E-state index contributed by atoms with van der Waals surface area (Å²) < 4.78 is 0. The van der Waals surface area contributed by atoms with E-state index >= 15 is 0 Å². The van der Waals surface area contributed by atoms with E-state index in [0.717, 1.165) is 0 Å². The Morgan fingerprint density at radius 2 is 1.11 bits per heavy atom. The van der Waals surface area contributed by atoms with E-state index in [9.17, 15) is 0 Å². The van der Waals surface area contributed by atoms with Gasteiger partial charge in [0.25, 0.3) is 0 Å². The predicted octanol–water partition coefficient (Wildman–Crippen LogP) is 7.68. The van der Waals surface area contributed by atoms with Gasteiger partial charge in [-0.3, -0.25) is 0 Å². The van der Waals surface area contributed by atoms with Gasteiger partial charge in [0.15, 0.2) is 0 Å². The lowest BCUT2D eigenvalue weighted by molar-refractivity contribution is 1.08. The first kappa shape index (κ1) is 24.8. The molecule has 38 heavy (non-hydrogen) atoms. The molecule has 0 amide bonds. The summed E-state index contributed by atoms with van der Waals surface area (Å²) in [6, 6.07) is 49.7. The van der Waals surface area contributed by atoms with Crippen LogP contribution in [-0.4, -0.2) is 8.07 Å². The van der Waals surface area contributed by atoms with Crippen molar-refractivity contribution in [2.24, 2.45) is 0 Å². The topological polar surface area (TPSA) is 0 Å². The van der Waals surface area contributed by atoms with Gasteiger partial charge in [-0.2, -0.15) is 0 Å². The number of hydrogen-bond donors (Lipinski definition) is 0. The van der Waals surface area contributed by atoms with E-state index in [0.29, 0.717) is 0 Å². The Morgan fingerprint density at radius 1 is 0.553 bits per heavy atom. The number of fused-ring (bicyclic) bond motifs is 1. The third kappa shape index (κ3) is 4.73. The monoisotopic (exact) mass is 524 g/mol. The standard InChI is InChI=1S/C36H33PSi/c1-38(2,3)31-23-24-33(35(26-31)37(29-18-9-5-10-19-29)30-20-11-6-12-21-30)36-32-22-14-13-17-28(32)25-34(36)27-15-7-4-8-16-27/h4-26,36H,1-3H3. The van der Waals surface area contributed by atoms with Crippen LogP contribution in [0.1, 0.15) is 28.2 Å². The first-order valence-electron chi connectivity index (χ1n) is 13.4. The van der Waals surface area contributed by atoms with E-state index < -0.39 is 16.0 Å². The van der Waals surface area contributed by atoms with E-state index in [-0.39, 0.29) is 5.92 Å². The maximum atomic E-state index is 2.58. The predicted molar refractivity (Wildman–Crippen MR) is 171 cm³/mol. The minimum atomic E-state index is -1.53. The van der Waals surface area contributed by atoms with Crippen molar-refractivity contribution in [3.63, 3.8) is 0 Å². The second-order valence-corrected chi connectivity index (χ2v) is 18.3. The van der Waals surface area contributed by atoms with Gasteiger partial charge in [0, 0.05) is 5.92 Å². The fraction of sp³-hybridized carbons (Fsp3) is 0.111. The van der Waals surface area contributed by atoms with Gasteiger partial charge in [-0.15, -0.1) is 0 Å². The first-order valence-corrected chi connectivity index (χ1v) is 18.3. The molecular weight excluding hydrogens is 491 g/mol. The maximum absolute atomic E-state index is 2.58. The van der Waals surface area contributed by atoms with Crippen molar-refractivity contribution in [2.45, 2.75) is 25.6 Å². The van der Waals surface area contributed by atoms with Crippen molar-refractivity contribution in [3.8, 4) is 0 Å². The fourth-order valence-corrected chi connectivity index (χ4v) is 9.38. The van der Waals surface area contributed by atoms with Crippen LogP contribution in [0.5, 0.6) is 0 Å². The molecule has 0 heterocycles. The molecule has 0 saturated heterocycles. The molecule has 0 aliphatic heterocycles. The second-order valence-electron chi connectivity index (χ2n) is 11.1. The zero-order valence-electron chi connectivity index (χ0n) is 22.3. The van der Waals surface area contributed by atoms with E-state index in [2.05, 4.69) is 159 Å². The molecule has 1 aliphatic rings. The molecule has 0 spiro atoms. The molecule has 5 aromatic rings. The minimum absolute atomic E-state index is 0.205. The van der Waals surface area contributed by atoms with Gasteiger partial charge >= 0.3 is 0 Å². The van der Waals surface area contributed by atoms with Crippen LogP contribution in [0.25, 0.3) is 11.6 Å². The van der Waals surface area contributed by atoms with Crippen LogP contribution >= 0.6 is 7.92 Å². The highest BCUT2D eigenvalue weighted by atomic mass is 31.1. The van der Waals surface area contributed by atoms with Gasteiger partial charge < -0.3 is 0 Å². The van der Waals surface area contributed by atoms with Crippen molar-refractivity contribution < 1.29 is 0 Å². The van der Waals surface area contributed by atoms with Crippen LogP contribution < -0.4 is 21.1 Å². The highest BCUT2D eigenvalue weighted by Crippen LogP contribution is 2.47. The summed E-state index contributed by atoms with van der Waals surface area (Å²) in [7, 11) is -2.26. The molecule has 1 atom stereocenters. The lowest BCUT2D eigenvalue weighted by Crippen LogP contribution is -2.40. The molecule has 0 saturated carbocycles. The summed E-state index contributed by atoms with van der Waals surface area (Å²) in [6.07, 6.45) is 2.42.